The molecule has 4 bridgehead atoms. The topological polar surface area (TPSA) is 126 Å². The van der Waals surface area contributed by atoms with E-state index in [9.17, 15) is 14.4 Å². The second-order valence-electron chi connectivity index (χ2n) is 14.5. The third-order valence-corrected chi connectivity index (χ3v) is 11.7. The molecule has 3 aliphatic heterocycles. The molecule has 12 heteroatoms. The highest BCUT2D eigenvalue weighted by Gasteiger charge is 2.96. The van der Waals surface area contributed by atoms with E-state index in [0.717, 1.165) is 84.8 Å². The molecule has 2 unspecified atom stereocenters. The lowest BCUT2D eigenvalue weighted by Gasteiger charge is -2.24. The lowest BCUT2D eigenvalue weighted by molar-refractivity contribution is -0.137. The predicted octanol–water partition coefficient (Wildman–Crippen LogP) is 5.37. The largest absolute Gasteiger partial charge is 0.325 e. The molecule has 9 rings (SSSR count). The Morgan fingerprint density at radius 2 is 1.76 bits per heavy atom. The van der Waals surface area contributed by atoms with Gasteiger partial charge in [-0.15, -0.1) is 0 Å². The number of nitrogens with one attached hydrogen (secondary N) is 1. The van der Waals surface area contributed by atoms with Crippen LogP contribution >= 0.6 is 15.9 Å². The van der Waals surface area contributed by atoms with E-state index in [1.54, 1.807) is 17.1 Å². The van der Waals surface area contributed by atoms with Gasteiger partial charge < -0.3 is 15.1 Å². The molecule has 4 fully saturated rings. The Bertz CT molecular complexity index is 2010. The maximum absolute atomic E-state index is 14.5. The summed E-state index contributed by atoms with van der Waals surface area (Å²) < 4.78 is 2.35. The molecule has 3 aromatic heterocycles. The fourth-order valence-electron chi connectivity index (χ4n) is 8.92. The summed E-state index contributed by atoms with van der Waals surface area (Å²) in [4.78, 5) is 59.2. The zero-order chi connectivity index (χ0) is 34.2. The van der Waals surface area contributed by atoms with Crippen molar-refractivity contribution < 1.29 is 14.4 Å². The van der Waals surface area contributed by atoms with Gasteiger partial charge in [0.05, 0.1) is 5.52 Å². The van der Waals surface area contributed by atoms with E-state index >= 15 is 0 Å². The van der Waals surface area contributed by atoms with Crippen LogP contribution in [0.25, 0.3) is 22.0 Å². The normalized spacial score (nSPS) is 26.7. The number of halogens is 1. The minimum atomic E-state index is -0.586. The summed E-state index contributed by atoms with van der Waals surface area (Å²) in [7, 11) is 2.17. The third kappa shape index (κ3) is 5.38. The Morgan fingerprint density at radius 3 is 2.53 bits per heavy atom. The van der Waals surface area contributed by atoms with Crippen LogP contribution in [0.5, 0.6) is 0 Å². The summed E-state index contributed by atoms with van der Waals surface area (Å²) in [6, 6.07) is 7.31. The van der Waals surface area contributed by atoms with Crippen molar-refractivity contribution in [3.05, 3.63) is 63.9 Å². The molecule has 0 radical (unpaired) electrons. The number of rotatable bonds is 4. The second-order valence-corrected chi connectivity index (χ2v) is 15.3. The summed E-state index contributed by atoms with van der Waals surface area (Å²) in [6.45, 7) is 7.11. The standard InChI is InChI=1S/C37H41BrN8O3/c1-20-11-12-27(38)41-35(20)42-36(49)33-29-30-34-37(29,30)19-44(4)13-9-7-5-6-8-10-23-14-24(25-16-39-22(3)40-17-25)15-26-31(21(2)47)43-45(32(23)26)18-28(48)46(33)34/h11-12,14-17,29-30,33-34H,5-10,13,18-19H2,1-4H3,(H,41,42,49)/t29?,30?,33-,34+,37-/m0/s1. The van der Waals surface area contributed by atoms with Crippen LogP contribution in [-0.2, 0) is 22.6 Å². The average Bonchev–Trinajstić information content (AvgIpc) is 3.64. The Balaban J connectivity index is 1.19. The Hall–Kier alpha value is -4.03. The summed E-state index contributed by atoms with van der Waals surface area (Å²) in [5.41, 5.74) is 4.78. The van der Waals surface area contributed by atoms with Crippen LogP contribution in [0.1, 0.15) is 66.5 Å². The molecule has 254 valence electrons. The Labute approximate surface area is 294 Å². The summed E-state index contributed by atoms with van der Waals surface area (Å²) in [5.74, 6) is 1.12. The van der Waals surface area contributed by atoms with Crippen molar-refractivity contribution in [2.24, 2.45) is 17.3 Å². The molecule has 49 heavy (non-hydrogen) atoms. The summed E-state index contributed by atoms with van der Waals surface area (Å²) in [6.07, 6.45) is 9.92. The highest BCUT2D eigenvalue weighted by atomic mass is 79.9. The molecule has 2 amide bonds. The Kier molecular flexibility index (Phi) is 7.94. The molecule has 6 heterocycles. The van der Waals surface area contributed by atoms with Gasteiger partial charge >= 0.3 is 0 Å². The van der Waals surface area contributed by atoms with E-state index in [1.807, 2.05) is 36.9 Å². The smallest absolute Gasteiger partial charge is 0.248 e. The first-order chi connectivity index (χ1) is 23.6. The second kappa shape index (κ2) is 12.1. The maximum atomic E-state index is 14.5. The van der Waals surface area contributed by atoms with Crippen LogP contribution in [0, 0.1) is 31.1 Å². The molecule has 2 saturated heterocycles. The number of benzene rings is 1. The first-order valence-electron chi connectivity index (χ1n) is 17.4. The molecular formula is C37H41BrN8O3. The average molecular weight is 726 g/mol. The number of ketones is 1. The van der Waals surface area contributed by atoms with Gasteiger partial charge in [-0.3, -0.25) is 19.1 Å². The van der Waals surface area contributed by atoms with Gasteiger partial charge in [0.15, 0.2) is 5.78 Å². The van der Waals surface area contributed by atoms with Gasteiger partial charge in [-0.05, 0) is 103 Å². The van der Waals surface area contributed by atoms with Crippen molar-refractivity contribution in [2.45, 2.75) is 77.9 Å². The molecular weight excluding hydrogens is 684 g/mol. The maximum Gasteiger partial charge on any atom is 0.248 e. The highest BCUT2D eigenvalue weighted by Crippen LogP contribution is 2.87. The first kappa shape index (κ1) is 32.2. The number of carbonyl (C=O) groups is 3. The number of aromatic nitrogens is 5. The van der Waals surface area contributed by atoms with Gasteiger partial charge in [0.1, 0.15) is 34.5 Å². The number of pyridine rings is 1. The number of amides is 2. The minimum Gasteiger partial charge on any atom is -0.325 e. The number of hydrogen-bond acceptors (Lipinski definition) is 8. The summed E-state index contributed by atoms with van der Waals surface area (Å²) in [5, 5.41) is 8.59. The number of carbonyl (C=O) groups excluding carboxylic acids is 3. The monoisotopic (exact) mass is 724 g/mol. The quantitative estimate of drug-likeness (QED) is 0.220. The predicted molar refractivity (Wildman–Crippen MR) is 189 cm³/mol. The van der Waals surface area contributed by atoms with Gasteiger partial charge in [-0.1, -0.05) is 25.3 Å². The fourth-order valence-corrected chi connectivity index (χ4v) is 9.23. The molecule has 2 saturated carbocycles. The van der Waals surface area contributed by atoms with Crippen molar-refractivity contribution in [1.29, 1.82) is 0 Å². The van der Waals surface area contributed by atoms with E-state index in [4.69, 9.17) is 5.10 Å². The van der Waals surface area contributed by atoms with Crippen LogP contribution in [0.4, 0.5) is 5.82 Å². The number of Topliss-reactive ketones (excluding diaryl/α,β-unsaturated/α-hetero) is 1. The Morgan fingerprint density at radius 1 is 1.00 bits per heavy atom. The molecule has 1 N–H and O–H groups in total. The first-order valence-corrected chi connectivity index (χ1v) is 18.1. The van der Waals surface area contributed by atoms with Gasteiger partial charge in [-0.2, -0.15) is 5.10 Å². The zero-order valence-electron chi connectivity index (χ0n) is 28.4. The molecule has 4 aromatic rings. The van der Waals surface area contributed by atoms with Gasteiger partial charge in [0.2, 0.25) is 11.8 Å². The third-order valence-electron chi connectivity index (χ3n) is 11.3. The van der Waals surface area contributed by atoms with E-state index in [2.05, 4.69) is 54.2 Å². The minimum absolute atomic E-state index is 0.0252. The fraction of sp³-hybridized carbons (Fsp3) is 0.486. The highest BCUT2D eigenvalue weighted by molar-refractivity contribution is 9.10. The van der Waals surface area contributed by atoms with Crippen molar-refractivity contribution in [3.8, 4) is 11.1 Å². The van der Waals surface area contributed by atoms with Crippen molar-refractivity contribution in [1.82, 2.24) is 34.5 Å². The number of nitrogens with zero attached hydrogens (tertiary/aromatic N) is 7. The molecule has 2 aliphatic carbocycles. The number of anilines is 1. The lowest BCUT2D eigenvalue weighted by Crippen LogP contribution is -2.45. The molecule has 11 nitrogen and oxygen atoms in total. The van der Waals surface area contributed by atoms with Crippen molar-refractivity contribution in [2.75, 3.05) is 25.5 Å². The van der Waals surface area contributed by atoms with Crippen LogP contribution < -0.4 is 5.32 Å². The number of aryl methyl sites for hydroxylation is 3. The molecule has 5 atom stereocenters. The van der Waals surface area contributed by atoms with Crippen LogP contribution in [-0.4, -0.2) is 84.4 Å². The lowest BCUT2D eigenvalue weighted by atomic mass is 9.96. The van der Waals surface area contributed by atoms with E-state index in [1.165, 1.54) is 6.92 Å². The van der Waals surface area contributed by atoms with Crippen molar-refractivity contribution in [3.63, 3.8) is 0 Å². The van der Waals surface area contributed by atoms with Gasteiger partial charge in [0, 0.05) is 54.2 Å². The van der Waals surface area contributed by atoms with Crippen LogP contribution in [0.15, 0.2) is 41.3 Å². The van der Waals surface area contributed by atoms with E-state index < -0.39 is 6.04 Å². The SMILES string of the molecule is CC(=O)c1nn2c3c(cc(-c4cnc(C)nc4)cc13)CCCCCCCN(C)C[C@]13C4C1[C@H]3N(C(=O)C2)[C@@H]4C(=O)Nc1nc(Br)ccc1C. The van der Waals surface area contributed by atoms with Gasteiger partial charge in [0.25, 0.3) is 0 Å². The molecule has 5 aliphatic rings. The number of piperidine rings is 1. The molecule has 1 spiro atoms. The van der Waals surface area contributed by atoms with Crippen LogP contribution in [0.2, 0.25) is 0 Å². The molecule has 1 aromatic carbocycles. The summed E-state index contributed by atoms with van der Waals surface area (Å²) >= 11 is 3.42. The van der Waals surface area contributed by atoms with Crippen LogP contribution in [0.3, 0.4) is 0 Å². The zero-order valence-corrected chi connectivity index (χ0v) is 30.0. The van der Waals surface area contributed by atoms with Crippen molar-refractivity contribution >= 4 is 50.2 Å². The van der Waals surface area contributed by atoms with E-state index in [0.29, 0.717) is 27.9 Å². The van der Waals surface area contributed by atoms with Gasteiger partial charge in [-0.25, -0.2) is 15.0 Å². The number of hydrogen-bond donors (Lipinski definition) is 1. The van der Waals surface area contributed by atoms with E-state index in [-0.39, 0.29) is 41.5 Å².